The van der Waals surface area contributed by atoms with Gasteiger partial charge in [-0.05, 0) is 42.3 Å². The second-order valence-electron chi connectivity index (χ2n) is 5.18. The molecule has 0 spiro atoms. The maximum atomic E-state index is 10.9. The first-order chi connectivity index (χ1) is 10.3. The van der Waals surface area contributed by atoms with Crippen LogP contribution < -0.4 is 5.32 Å². The van der Waals surface area contributed by atoms with Gasteiger partial charge in [-0.3, -0.25) is 10.1 Å². The average Bonchev–Trinajstić information content (AvgIpc) is 2.98. The Morgan fingerprint density at radius 3 is 2.76 bits per heavy atom. The van der Waals surface area contributed by atoms with E-state index >= 15 is 0 Å². The lowest BCUT2D eigenvalue weighted by Gasteiger charge is -2.26. The number of rotatable bonds is 5. The third kappa shape index (κ3) is 2.94. The van der Waals surface area contributed by atoms with Crippen LogP contribution in [-0.4, -0.2) is 46.3 Å². The van der Waals surface area contributed by atoms with Crippen LogP contribution in [0, 0.1) is 10.1 Å². The highest BCUT2D eigenvalue weighted by Gasteiger charge is 2.19. The zero-order valence-electron chi connectivity index (χ0n) is 11.6. The second kappa shape index (κ2) is 6.04. The van der Waals surface area contributed by atoms with Gasteiger partial charge in [-0.15, -0.1) is 0 Å². The molecule has 1 N–H and O–H groups in total. The van der Waals surface area contributed by atoms with E-state index < -0.39 is 4.92 Å². The molecule has 0 aliphatic carbocycles. The van der Waals surface area contributed by atoms with Crippen LogP contribution in [0.1, 0.15) is 19.3 Å². The molecule has 1 aliphatic heterocycles. The molecule has 0 radical (unpaired) electrons. The summed E-state index contributed by atoms with van der Waals surface area (Å²) in [5, 5.41) is 21.6. The molecule has 8 heteroatoms. The minimum absolute atomic E-state index is 0.0900. The fourth-order valence-corrected chi connectivity index (χ4v) is 2.68. The fourth-order valence-electron chi connectivity index (χ4n) is 2.68. The number of nitro groups is 1. The average molecular weight is 291 g/mol. The van der Waals surface area contributed by atoms with E-state index in [0.29, 0.717) is 11.2 Å². The van der Waals surface area contributed by atoms with Crippen molar-refractivity contribution in [3.8, 4) is 0 Å². The number of nitrogens with zero attached hydrogens (tertiary/aromatic N) is 4. The number of anilines is 1. The van der Waals surface area contributed by atoms with Gasteiger partial charge in [0.2, 0.25) is 5.52 Å². The molecule has 21 heavy (non-hydrogen) atoms. The quantitative estimate of drug-likeness (QED) is 0.664. The maximum absolute atomic E-state index is 10.9. The molecule has 0 bridgehead atoms. The van der Waals surface area contributed by atoms with Crippen LogP contribution in [0.2, 0.25) is 0 Å². The summed E-state index contributed by atoms with van der Waals surface area (Å²) < 4.78 is 4.64. The summed E-state index contributed by atoms with van der Waals surface area (Å²) in [5.74, 6) is 0. The highest BCUT2D eigenvalue weighted by molar-refractivity contribution is 5.93. The summed E-state index contributed by atoms with van der Waals surface area (Å²) in [6, 6.07) is 3.08. The van der Waals surface area contributed by atoms with Crippen molar-refractivity contribution in [3.05, 3.63) is 22.2 Å². The van der Waals surface area contributed by atoms with Gasteiger partial charge < -0.3 is 10.2 Å². The van der Waals surface area contributed by atoms with Crippen LogP contribution >= 0.6 is 0 Å². The Balaban J connectivity index is 1.68. The zero-order chi connectivity index (χ0) is 14.7. The van der Waals surface area contributed by atoms with Crippen molar-refractivity contribution in [2.75, 3.05) is 31.5 Å². The number of aromatic nitrogens is 2. The van der Waals surface area contributed by atoms with Gasteiger partial charge in [-0.1, -0.05) is 6.42 Å². The lowest BCUT2D eigenvalue weighted by atomic mass is 10.1. The van der Waals surface area contributed by atoms with Crippen LogP contribution in [0.3, 0.4) is 0 Å². The lowest BCUT2D eigenvalue weighted by Crippen LogP contribution is -2.33. The van der Waals surface area contributed by atoms with Crippen LogP contribution in [-0.2, 0) is 0 Å². The Morgan fingerprint density at radius 1 is 1.24 bits per heavy atom. The van der Waals surface area contributed by atoms with E-state index in [2.05, 4.69) is 25.2 Å². The Hall–Kier alpha value is -2.22. The topological polar surface area (TPSA) is 97.3 Å². The summed E-state index contributed by atoms with van der Waals surface area (Å²) in [5.41, 5.74) is 1.22. The molecule has 1 aromatic heterocycles. The molecule has 2 heterocycles. The van der Waals surface area contributed by atoms with Gasteiger partial charge in [0.15, 0.2) is 5.52 Å². The molecule has 3 rings (SSSR count). The van der Waals surface area contributed by atoms with Crippen molar-refractivity contribution >= 4 is 22.4 Å². The number of hydrogen-bond donors (Lipinski definition) is 1. The number of piperidine rings is 1. The molecule has 1 fully saturated rings. The van der Waals surface area contributed by atoms with E-state index in [4.69, 9.17) is 0 Å². The minimum atomic E-state index is -0.482. The Kier molecular flexibility index (Phi) is 3.96. The second-order valence-corrected chi connectivity index (χ2v) is 5.18. The molecular formula is C13H17N5O3. The summed E-state index contributed by atoms with van der Waals surface area (Å²) in [7, 11) is 0. The standard InChI is InChI=1S/C13H17N5O3/c19-18(20)11-5-4-10(12-13(11)16-21-15-12)14-6-9-17-7-2-1-3-8-17/h4-5,14H,1-3,6-9H2. The number of fused-ring (bicyclic) bond motifs is 1. The molecule has 1 aromatic carbocycles. The van der Waals surface area contributed by atoms with Gasteiger partial charge in [-0.25, -0.2) is 4.63 Å². The van der Waals surface area contributed by atoms with Crippen LogP contribution in [0.5, 0.6) is 0 Å². The van der Waals surface area contributed by atoms with Crippen molar-refractivity contribution < 1.29 is 9.55 Å². The van der Waals surface area contributed by atoms with Gasteiger partial charge in [-0.2, -0.15) is 0 Å². The first-order valence-electron chi connectivity index (χ1n) is 7.11. The van der Waals surface area contributed by atoms with Crippen molar-refractivity contribution in [2.24, 2.45) is 0 Å². The van der Waals surface area contributed by atoms with Crippen molar-refractivity contribution in [1.82, 2.24) is 15.2 Å². The number of likely N-dealkylation sites (tertiary alicyclic amines) is 1. The Morgan fingerprint density at radius 2 is 2.00 bits per heavy atom. The van der Waals surface area contributed by atoms with Gasteiger partial charge >= 0.3 is 5.69 Å². The summed E-state index contributed by atoms with van der Waals surface area (Å²) in [6.07, 6.45) is 3.83. The molecule has 0 atom stereocenters. The van der Waals surface area contributed by atoms with Gasteiger partial charge in [0.25, 0.3) is 0 Å². The summed E-state index contributed by atoms with van der Waals surface area (Å²) >= 11 is 0. The number of non-ortho nitro benzene ring substituents is 1. The number of benzene rings is 1. The molecule has 0 amide bonds. The Bertz CT molecular complexity index is 636. The monoisotopic (exact) mass is 291 g/mol. The largest absolute Gasteiger partial charge is 0.382 e. The Labute approximate surface area is 121 Å². The molecular weight excluding hydrogens is 274 g/mol. The SMILES string of the molecule is O=[N+]([O-])c1ccc(NCCN2CCCCC2)c2nonc12. The van der Waals surface area contributed by atoms with E-state index in [1.807, 2.05) is 0 Å². The van der Waals surface area contributed by atoms with E-state index in [9.17, 15) is 10.1 Å². The first-order valence-corrected chi connectivity index (χ1v) is 7.11. The van der Waals surface area contributed by atoms with Crippen LogP contribution in [0.25, 0.3) is 11.0 Å². The summed E-state index contributed by atoms with van der Waals surface area (Å²) in [4.78, 5) is 12.8. The fraction of sp³-hybridized carbons (Fsp3) is 0.538. The normalized spacial score (nSPS) is 16.2. The van der Waals surface area contributed by atoms with Crippen LogP contribution in [0.4, 0.5) is 11.4 Å². The molecule has 1 aliphatic rings. The molecule has 0 saturated carbocycles. The number of hydrogen-bond acceptors (Lipinski definition) is 7. The number of nitrogens with one attached hydrogen (secondary N) is 1. The van der Waals surface area contributed by atoms with E-state index in [-0.39, 0.29) is 11.2 Å². The molecule has 0 unspecified atom stereocenters. The highest BCUT2D eigenvalue weighted by Crippen LogP contribution is 2.28. The molecule has 1 saturated heterocycles. The van der Waals surface area contributed by atoms with Crippen molar-refractivity contribution in [1.29, 1.82) is 0 Å². The third-order valence-corrected chi connectivity index (χ3v) is 3.78. The number of nitro benzene ring substituents is 1. The predicted molar refractivity (Wildman–Crippen MR) is 77.2 cm³/mol. The van der Waals surface area contributed by atoms with E-state index in [1.54, 1.807) is 6.07 Å². The van der Waals surface area contributed by atoms with Gasteiger partial charge in [0, 0.05) is 19.2 Å². The molecule has 8 nitrogen and oxygen atoms in total. The van der Waals surface area contributed by atoms with Crippen LogP contribution in [0.15, 0.2) is 16.8 Å². The van der Waals surface area contributed by atoms with E-state index in [0.717, 1.165) is 26.2 Å². The van der Waals surface area contributed by atoms with Gasteiger partial charge in [0.05, 0.1) is 10.6 Å². The molecule has 112 valence electrons. The predicted octanol–water partition coefficient (Wildman–Crippen LogP) is 2.03. The minimum Gasteiger partial charge on any atom is -0.382 e. The zero-order valence-corrected chi connectivity index (χ0v) is 11.6. The van der Waals surface area contributed by atoms with Crippen molar-refractivity contribution in [3.63, 3.8) is 0 Å². The first kappa shape index (κ1) is 13.7. The lowest BCUT2D eigenvalue weighted by molar-refractivity contribution is -0.383. The smallest absolute Gasteiger partial charge is 0.300 e. The highest BCUT2D eigenvalue weighted by atomic mass is 16.6. The molecule has 2 aromatic rings. The van der Waals surface area contributed by atoms with Gasteiger partial charge in [0.1, 0.15) is 0 Å². The van der Waals surface area contributed by atoms with Crippen molar-refractivity contribution in [2.45, 2.75) is 19.3 Å². The maximum Gasteiger partial charge on any atom is 0.300 e. The van der Waals surface area contributed by atoms with E-state index in [1.165, 1.54) is 25.3 Å². The third-order valence-electron chi connectivity index (χ3n) is 3.78. The summed E-state index contributed by atoms with van der Waals surface area (Å²) in [6.45, 7) is 4.00.